The summed E-state index contributed by atoms with van der Waals surface area (Å²) in [6.07, 6.45) is 11.5. The first-order chi connectivity index (χ1) is 8.58. The highest BCUT2D eigenvalue weighted by molar-refractivity contribution is 4.73. The Kier molecular flexibility index (Phi) is 10.9. The molecule has 0 aromatic rings. The second kappa shape index (κ2) is 10.9. The summed E-state index contributed by atoms with van der Waals surface area (Å²) in [6, 6.07) is 0. The van der Waals surface area contributed by atoms with Crippen molar-refractivity contribution in [2.45, 2.75) is 92.9 Å². The van der Waals surface area contributed by atoms with Crippen molar-refractivity contribution < 1.29 is 0 Å². The Bertz CT molecular complexity index is 153. The van der Waals surface area contributed by atoms with Gasteiger partial charge in [-0.2, -0.15) is 0 Å². The largest absolute Gasteiger partial charge is 0.0651 e. The Labute approximate surface area is 117 Å². The quantitative estimate of drug-likeness (QED) is 0.512. The lowest BCUT2D eigenvalue weighted by Crippen LogP contribution is -2.17. The van der Waals surface area contributed by atoms with Gasteiger partial charge in [0.25, 0.3) is 0 Å². The van der Waals surface area contributed by atoms with E-state index in [1.807, 2.05) is 0 Å². The molecule has 0 saturated heterocycles. The van der Waals surface area contributed by atoms with Gasteiger partial charge >= 0.3 is 0 Å². The third kappa shape index (κ3) is 7.44. The molecule has 18 heavy (non-hydrogen) atoms. The maximum atomic E-state index is 2.37. The maximum absolute atomic E-state index is 2.37. The van der Waals surface area contributed by atoms with Crippen LogP contribution >= 0.6 is 0 Å². The molecule has 110 valence electrons. The van der Waals surface area contributed by atoms with Crippen LogP contribution in [0.3, 0.4) is 0 Å². The molecule has 1 aliphatic carbocycles. The highest BCUT2D eigenvalue weighted by atomic mass is 14.3. The normalized spacial score (nSPS) is 24.0. The Morgan fingerprint density at radius 3 is 1.44 bits per heavy atom. The van der Waals surface area contributed by atoms with Gasteiger partial charge in [0.15, 0.2) is 0 Å². The molecule has 0 spiro atoms. The van der Waals surface area contributed by atoms with Gasteiger partial charge in [-0.3, -0.25) is 0 Å². The molecule has 1 rings (SSSR count). The number of hydrogen-bond donors (Lipinski definition) is 0. The van der Waals surface area contributed by atoms with Gasteiger partial charge in [-0.1, -0.05) is 80.1 Å². The van der Waals surface area contributed by atoms with E-state index < -0.39 is 0 Å². The van der Waals surface area contributed by atoms with Crippen LogP contribution in [0.5, 0.6) is 0 Å². The standard InChI is InChI=1S/C11H22.C7H16/c1-4-10-5-7-11(8-6-10)9(2)3;1-4-7(5-2)6-3/h9-11H,4-8H2,1-3H3;7H,4-6H2,1-3H3. The van der Waals surface area contributed by atoms with Gasteiger partial charge in [0.05, 0.1) is 0 Å². The van der Waals surface area contributed by atoms with Gasteiger partial charge in [-0.05, 0) is 36.5 Å². The lowest BCUT2D eigenvalue weighted by Gasteiger charge is -2.30. The minimum Gasteiger partial charge on any atom is -0.0651 e. The Morgan fingerprint density at radius 2 is 1.22 bits per heavy atom. The summed E-state index contributed by atoms with van der Waals surface area (Å²) in [6.45, 7) is 13.9. The van der Waals surface area contributed by atoms with E-state index in [9.17, 15) is 0 Å². The van der Waals surface area contributed by atoms with Crippen LogP contribution in [0.25, 0.3) is 0 Å². The van der Waals surface area contributed by atoms with Crippen molar-refractivity contribution in [3.05, 3.63) is 0 Å². The second-order valence-electron chi connectivity index (χ2n) is 6.52. The van der Waals surface area contributed by atoms with Gasteiger partial charge < -0.3 is 0 Å². The average Bonchev–Trinajstić information content (AvgIpc) is 2.41. The van der Waals surface area contributed by atoms with E-state index in [-0.39, 0.29) is 0 Å². The minimum atomic E-state index is 0.924. The van der Waals surface area contributed by atoms with Crippen LogP contribution in [0.15, 0.2) is 0 Å². The van der Waals surface area contributed by atoms with Crippen molar-refractivity contribution in [3.8, 4) is 0 Å². The van der Waals surface area contributed by atoms with Crippen LogP contribution < -0.4 is 0 Å². The minimum absolute atomic E-state index is 0.924. The molecule has 0 aromatic heterocycles. The van der Waals surface area contributed by atoms with Crippen LogP contribution in [0, 0.1) is 23.7 Å². The molecule has 0 radical (unpaired) electrons. The van der Waals surface area contributed by atoms with Crippen molar-refractivity contribution in [3.63, 3.8) is 0 Å². The van der Waals surface area contributed by atoms with Gasteiger partial charge in [0, 0.05) is 0 Å². The lowest BCUT2D eigenvalue weighted by molar-refractivity contribution is 0.221. The Balaban J connectivity index is 0.000000360. The smallest absolute Gasteiger partial charge is 0.0391 e. The molecule has 0 heterocycles. The van der Waals surface area contributed by atoms with E-state index in [2.05, 4.69) is 41.5 Å². The highest BCUT2D eigenvalue weighted by Gasteiger charge is 2.21. The van der Waals surface area contributed by atoms with Gasteiger partial charge in [-0.25, -0.2) is 0 Å². The van der Waals surface area contributed by atoms with Crippen LogP contribution in [0.2, 0.25) is 0 Å². The van der Waals surface area contributed by atoms with Gasteiger partial charge in [0.1, 0.15) is 0 Å². The molecule has 0 heteroatoms. The monoisotopic (exact) mass is 254 g/mol. The zero-order chi connectivity index (χ0) is 14.0. The van der Waals surface area contributed by atoms with Crippen molar-refractivity contribution in [1.29, 1.82) is 0 Å². The average molecular weight is 255 g/mol. The summed E-state index contributed by atoms with van der Waals surface area (Å²) in [5.41, 5.74) is 0. The van der Waals surface area contributed by atoms with Crippen LogP contribution in [0.4, 0.5) is 0 Å². The highest BCUT2D eigenvalue weighted by Crippen LogP contribution is 2.34. The fraction of sp³-hybridized carbons (Fsp3) is 1.00. The van der Waals surface area contributed by atoms with Gasteiger partial charge in [0.2, 0.25) is 0 Å². The van der Waals surface area contributed by atoms with Crippen molar-refractivity contribution >= 4 is 0 Å². The summed E-state index contributed by atoms with van der Waals surface area (Å²) in [4.78, 5) is 0. The summed E-state index contributed by atoms with van der Waals surface area (Å²) < 4.78 is 0. The summed E-state index contributed by atoms with van der Waals surface area (Å²) in [5, 5.41) is 0. The maximum Gasteiger partial charge on any atom is -0.0391 e. The number of rotatable bonds is 5. The van der Waals surface area contributed by atoms with Gasteiger partial charge in [-0.15, -0.1) is 0 Å². The fourth-order valence-corrected chi connectivity index (χ4v) is 3.13. The zero-order valence-electron chi connectivity index (χ0n) is 14.0. The first-order valence-electron chi connectivity index (χ1n) is 8.58. The van der Waals surface area contributed by atoms with Crippen LogP contribution in [-0.2, 0) is 0 Å². The zero-order valence-corrected chi connectivity index (χ0v) is 14.0. The van der Waals surface area contributed by atoms with Crippen molar-refractivity contribution in [2.75, 3.05) is 0 Å². The summed E-state index contributed by atoms with van der Waals surface area (Å²) in [7, 11) is 0. The van der Waals surface area contributed by atoms with E-state index in [1.54, 1.807) is 0 Å². The molecule has 0 aromatic carbocycles. The van der Waals surface area contributed by atoms with Crippen molar-refractivity contribution in [1.82, 2.24) is 0 Å². The predicted molar refractivity (Wildman–Crippen MR) is 84.9 cm³/mol. The first-order valence-corrected chi connectivity index (χ1v) is 8.58. The molecular weight excluding hydrogens is 216 g/mol. The molecule has 0 aliphatic heterocycles. The third-order valence-corrected chi connectivity index (χ3v) is 5.14. The second-order valence-corrected chi connectivity index (χ2v) is 6.52. The molecule has 0 amide bonds. The molecule has 0 bridgehead atoms. The summed E-state index contributed by atoms with van der Waals surface area (Å²) in [5.74, 6) is 4.01. The van der Waals surface area contributed by atoms with E-state index in [0.29, 0.717) is 0 Å². The molecule has 0 nitrogen and oxygen atoms in total. The molecule has 0 atom stereocenters. The molecule has 1 aliphatic rings. The Hall–Kier alpha value is 0. The third-order valence-electron chi connectivity index (χ3n) is 5.14. The fourth-order valence-electron chi connectivity index (χ4n) is 3.13. The van der Waals surface area contributed by atoms with E-state index in [0.717, 1.165) is 23.7 Å². The van der Waals surface area contributed by atoms with Crippen LogP contribution in [-0.4, -0.2) is 0 Å². The molecule has 0 unspecified atom stereocenters. The molecule has 1 fully saturated rings. The summed E-state index contributed by atoms with van der Waals surface area (Å²) >= 11 is 0. The Morgan fingerprint density at radius 1 is 0.778 bits per heavy atom. The van der Waals surface area contributed by atoms with E-state index in [4.69, 9.17) is 0 Å². The molecule has 0 N–H and O–H groups in total. The molecule has 1 saturated carbocycles. The van der Waals surface area contributed by atoms with Crippen LogP contribution in [0.1, 0.15) is 92.9 Å². The number of hydrogen-bond acceptors (Lipinski definition) is 0. The molecular formula is C18H38. The lowest BCUT2D eigenvalue weighted by atomic mass is 9.76. The van der Waals surface area contributed by atoms with E-state index >= 15 is 0 Å². The van der Waals surface area contributed by atoms with E-state index in [1.165, 1.54) is 51.4 Å². The first kappa shape index (κ1) is 18.0. The SMILES string of the molecule is CCC(CC)CC.CCC1CCC(C(C)C)CC1. The van der Waals surface area contributed by atoms with Crippen molar-refractivity contribution in [2.24, 2.45) is 23.7 Å². The predicted octanol–water partition coefficient (Wildman–Crippen LogP) is 6.69. The topological polar surface area (TPSA) is 0 Å².